The zero-order chi connectivity index (χ0) is 31.3. The molecule has 2 aromatic carbocycles. The Morgan fingerprint density at radius 2 is 1.84 bits per heavy atom. The minimum atomic E-state index is -0.504. The number of fused-ring (bicyclic) bond motifs is 1. The first-order valence-corrected chi connectivity index (χ1v) is 15.0. The number of hydrogen-bond acceptors (Lipinski definition) is 5. The quantitative estimate of drug-likeness (QED) is 0.145. The van der Waals surface area contributed by atoms with E-state index < -0.39 is 6.03 Å². The molecule has 5 aromatic rings. The average molecular weight is 593 g/mol. The molecule has 9 nitrogen and oxygen atoms in total. The second-order valence-corrected chi connectivity index (χ2v) is 11.9. The summed E-state index contributed by atoms with van der Waals surface area (Å²) < 4.78 is 7.17. The van der Waals surface area contributed by atoms with E-state index >= 15 is 0 Å². The van der Waals surface area contributed by atoms with Crippen molar-refractivity contribution in [3.63, 3.8) is 0 Å². The van der Waals surface area contributed by atoms with Crippen molar-refractivity contribution in [3.05, 3.63) is 100 Å². The maximum atomic E-state index is 14.2. The van der Waals surface area contributed by atoms with Gasteiger partial charge in [0.1, 0.15) is 22.9 Å². The molecule has 0 unspecified atom stereocenters. The molecule has 44 heavy (non-hydrogen) atoms. The van der Waals surface area contributed by atoms with Crippen LogP contribution in [0.3, 0.4) is 0 Å². The number of urea groups is 1. The highest BCUT2D eigenvalue weighted by Crippen LogP contribution is 2.35. The topological polar surface area (TPSA) is 114 Å². The maximum absolute atomic E-state index is 14.2. The molecule has 228 valence electrons. The first-order valence-electron chi connectivity index (χ1n) is 15.0. The molecule has 3 N–H and O–H groups in total. The number of carbonyl (C=O) groups excluding carboxylic acids is 1. The molecule has 0 saturated heterocycles. The van der Waals surface area contributed by atoms with Crippen molar-refractivity contribution in [1.82, 2.24) is 19.5 Å². The molecule has 0 aliphatic rings. The van der Waals surface area contributed by atoms with Crippen molar-refractivity contribution in [2.75, 3.05) is 17.7 Å². The van der Waals surface area contributed by atoms with Gasteiger partial charge in [0.15, 0.2) is 0 Å². The third-order valence-corrected chi connectivity index (χ3v) is 7.67. The maximum Gasteiger partial charge on any atom is 0.323 e. The van der Waals surface area contributed by atoms with Gasteiger partial charge in [-0.25, -0.2) is 14.8 Å². The third kappa shape index (κ3) is 6.67. The van der Waals surface area contributed by atoms with Gasteiger partial charge >= 0.3 is 6.03 Å². The number of nitrogens with one attached hydrogen (secondary N) is 3. The molecule has 2 amide bonds. The summed E-state index contributed by atoms with van der Waals surface area (Å²) in [5, 5.41) is 6.79. The third-order valence-electron chi connectivity index (χ3n) is 7.67. The van der Waals surface area contributed by atoms with E-state index in [0.29, 0.717) is 35.6 Å². The molecule has 0 radical (unpaired) electrons. The van der Waals surface area contributed by atoms with Crippen LogP contribution < -0.4 is 20.9 Å². The fourth-order valence-electron chi connectivity index (χ4n) is 5.52. The fourth-order valence-corrected chi connectivity index (χ4v) is 5.52. The number of aromatic amines is 1. The van der Waals surface area contributed by atoms with E-state index in [-0.39, 0.29) is 16.7 Å². The first kappa shape index (κ1) is 30.5. The summed E-state index contributed by atoms with van der Waals surface area (Å²) in [6.45, 7) is 8.92. The highest BCUT2D eigenvalue weighted by molar-refractivity contribution is 6.07. The normalized spacial score (nSPS) is 11.5. The number of benzene rings is 2. The SMILES string of the molecule is CCCCCn1c(=O)c(NC(=O)Nc2cc(Cc3ncc[nH]3)ccc2C(C)(C)C)c(-c2cccc(OC)c2)c2cccnc21. The molecule has 0 bridgehead atoms. The number of aromatic nitrogens is 4. The predicted molar refractivity (Wildman–Crippen MR) is 177 cm³/mol. The van der Waals surface area contributed by atoms with Crippen LogP contribution in [0.5, 0.6) is 5.75 Å². The summed E-state index contributed by atoms with van der Waals surface area (Å²) in [5.74, 6) is 1.48. The highest BCUT2D eigenvalue weighted by Gasteiger charge is 2.23. The fraction of sp³-hybridized carbons (Fsp3) is 0.314. The Morgan fingerprint density at radius 3 is 2.57 bits per heavy atom. The van der Waals surface area contributed by atoms with Gasteiger partial charge in [0, 0.05) is 48.2 Å². The lowest BCUT2D eigenvalue weighted by molar-refractivity contribution is 0.262. The largest absolute Gasteiger partial charge is 0.497 e. The van der Waals surface area contributed by atoms with Crippen LogP contribution in [0.4, 0.5) is 16.2 Å². The summed E-state index contributed by atoms with van der Waals surface area (Å²) in [6, 6.07) is 16.8. The molecule has 9 heteroatoms. The van der Waals surface area contributed by atoms with E-state index in [1.54, 1.807) is 30.3 Å². The average Bonchev–Trinajstić information content (AvgIpc) is 3.51. The number of anilines is 2. The predicted octanol–water partition coefficient (Wildman–Crippen LogP) is 7.52. The summed E-state index contributed by atoms with van der Waals surface area (Å²) in [7, 11) is 1.60. The lowest BCUT2D eigenvalue weighted by atomic mass is 9.85. The number of ether oxygens (including phenoxy) is 1. The number of amides is 2. The van der Waals surface area contributed by atoms with Crippen molar-refractivity contribution < 1.29 is 9.53 Å². The van der Waals surface area contributed by atoms with Gasteiger partial charge in [0.2, 0.25) is 0 Å². The molecule has 0 atom stereocenters. The van der Waals surface area contributed by atoms with Crippen LogP contribution in [0.25, 0.3) is 22.2 Å². The van der Waals surface area contributed by atoms with Gasteiger partial charge in [-0.2, -0.15) is 0 Å². The van der Waals surface area contributed by atoms with Crippen LogP contribution >= 0.6 is 0 Å². The van der Waals surface area contributed by atoms with Gasteiger partial charge in [-0.15, -0.1) is 0 Å². The number of pyridine rings is 2. The molecule has 3 heterocycles. The minimum absolute atomic E-state index is 0.191. The molecule has 0 aliphatic heterocycles. The molecule has 0 aliphatic carbocycles. The first-order chi connectivity index (χ1) is 21.2. The van der Waals surface area contributed by atoms with Crippen LogP contribution in [0.15, 0.2) is 78.0 Å². The number of unbranched alkanes of at least 4 members (excludes halogenated alkanes) is 2. The van der Waals surface area contributed by atoms with Crippen LogP contribution in [0.1, 0.15) is 63.9 Å². The number of rotatable bonds is 10. The Bertz CT molecular complexity index is 1820. The van der Waals surface area contributed by atoms with Crippen molar-refractivity contribution in [2.24, 2.45) is 0 Å². The van der Waals surface area contributed by atoms with E-state index in [1.807, 2.05) is 48.5 Å². The Balaban J connectivity index is 1.60. The van der Waals surface area contributed by atoms with E-state index in [4.69, 9.17) is 4.74 Å². The number of hydrogen-bond donors (Lipinski definition) is 3. The van der Waals surface area contributed by atoms with Gasteiger partial charge in [-0.05, 0) is 58.9 Å². The number of H-pyrrole nitrogens is 1. The van der Waals surface area contributed by atoms with Crippen LogP contribution in [0, 0.1) is 0 Å². The van der Waals surface area contributed by atoms with Crippen molar-refractivity contribution >= 4 is 28.4 Å². The van der Waals surface area contributed by atoms with Crippen molar-refractivity contribution in [1.29, 1.82) is 0 Å². The molecule has 5 rings (SSSR count). The monoisotopic (exact) mass is 592 g/mol. The molecule has 0 fully saturated rings. The minimum Gasteiger partial charge on any atom is -0.497 e. The molecular weight excluding hydrogens is 552 g/mol. The molecule has 0 saturated carbocycles. The van der Waals surface area contributed by atoms with Gasteiger partial charge in [0.25, 0.3) is 5.56 Å². The van der Waals surface area contributed by atoms with E-state index in [1.165, 1.54) is 0 Å². The number of carbonyl (C=O) groups is 1. The molecule has 3 aromatic heterocycles. The second kappa shape index (κ2) is 13.2. The summed E-state index contributed by atoms with van der Waals surface area (Å²) in [5.41, 5.74) is 4.22. The molecular formula is C35H40N6O3. The highest BCUT2D eigenvalue weighted by atomic mass is 16.5. The van der Waals surface area contributed by atoms with Gasteiger partial charge in [0.05, 0.1) is 7.11 Å². The number of aryl methyl sites for hydroxylation is 1. The van der Waals surface area contributed by atoms with Crippen LogP contribution in [-0.4, -0.2) is 32.7 Å². The van der Waals surface area contributed by atoms with E-state index in [2.05, 4.69) is 59.3 Å². The van der Waals surface area contributed by atoms with Gasteiger partial charge in [-0.3, -0.25) is 9.36 Å². The Kier molecular flexibility index (Phi) is 9.13. The van der Waals surface area contributed by atoms with Gasteiger partial charge in [-0.1, -0.05) is 64.8 Å². The number of methoxy groups -OCH3 is 1. The zero-order valence-electron chi connectivity index (χ0n) is 26.0. The van der Waals surface area contributed by atoms with Crippen molar-refractivity contribution in [3.8, 4) is 16.9 Å². The Hall–Kier alpha value is -4.92. The van der Waals surface area contributed by atoms with Crippen LogP contribution in [0.2, 0.25) is 0 Å². The zero-order valence-corrected chi connectivity index (χ0v) is 26.0. The standard InChI is InChI=1S/C35H40N6O3/c1-6-7-8-19-41-32-26(13-10-16-38-32)30(24-11-9-12-25(22-24)44-5)31(33(41)42)40-34(43)39-28-20-23(21-29-36-17-18-37-29)14-15-27(28)35(2,3)4/h9-18,20,22H,6-8,19,21H2,1-5H3,(H,36,37)(H2,39,40,43). The van der Waals surface area contributed by atoms with E-state index in [9.17, 15) is 9.59 Å². The van der Waals surface area contributed by atoms with Gasteiger partial charge < -0.3 is 20.4 Å². The van der Waals surface area contributed by atoms with Crippen LogP contribution in [-0.2, 0) is 18.4 Å². The summed E-state index contributed by atoms with van der Waals surface area (Å²) >= 11 is 0. The second-order valence-electron chi connectivity index (χ2n) is 11.9. The molecule has 0 spiro atoms. The summed E-state index contributed by atoms with van der Waals surface area (Å²) in [4.78, 5) is 40.1. The summed E-state index contributed by atoms with van der Waals surface area (Å²) in [6.07, 6.45) is 8.61. The number of imidazole rings is 1. The van der Waals surface area contributed by atoms with Crippen molar-refractivity contribution in [2.45, 2.75) is 65.3 Å². The lowest BCUT2D eigenvalue weighted by Gasteiger charge is -2.24. The smallest absolute Gasteiger partial charge is 0.323 e. The lowest BCUT2D eigenvalue weighted by Crippen LogP contribution is -2.30. The Morgan fingerprint density at radius 1 is 1.00 bits per heavy atom. The van der Waals surface area contributed by atoms with E-state index in [0.717, 1.165) is 47.2 Å². The number of nitrogens with zero attached hydrogens (tertiary/aromatic N) is 3. The Labute approximate surface area is 257 Å².